The Morgan fingerprint density at radius 3 is 2.91 bits per heavy atom. The van der Waals surface area contributed by atoms with Crippen LogP contribution in [0.25, 0.3) is 0 Å². The van der Waals surface area contributed by atoms with Crippen molar-refractivity contribution in [2.24, 2.45) is 5.92 Å². The predicted octanol–water partition coefficient (Wildman–Crippen LogP) is 0.773. The summed E-state index contributed by atoms with van der Waals surface area (Å²) in [5, 5.41) is 12.7. The first-order chi connectivity index (χ1) is 11.0. The Labute approximate surface area is 134 Å². The van der Waals surface area contributed by atoms with E-state index in [1.807, 2.05) is 0 Å². The molecule has 1 aromatic heterocycles. The normalized spacial score (nSPS) is 17.8. The third-order valence-electron chi connectivity index (χ3n) is 3.76. The van der Waals surface area contributed by atoms with Crippen molar-refractivity contribution in [3.05, 3.63) is 18.0 Å². The molecule has 1 amide bonds. The van der Waals surface area contributed by atoms with Crippen LogP contribution in [0, 0.1) is 5.92 Å². The number of ether oxygens (including phenoxy) is 1. The van der Waals surface area contributed by atoms with Gasteiger partial charge in [0.2, 0.25) is 0 Å². The van der Waals surface area contributed by atoms with E-state index in [2.05, 4.69) is 5.10 Å². The topological polar surface area (TPSA) is 102 Å². The molecule has 1 saturated heterocycles. The summed E-state index contributed by atoms with van der Waals surface area (Å²) in [6, 6.07) is 0. The molecule has 8 nitrogen and oxygen atoms in total. The molecule has 1 unspecified atom stereocenters. The summed E-state index contributed by atoms with van der Waals surface area (Å²) in [7, 11) is 0. The average Bonchev–Trinajstić information content (AvgIpc) is 3.01. The van der Waals surface area contributed by atoms with E-state index in [9.17, 15) is 14.4 Å². The van der Waals surface area contributed by atoms with E-state index in [1.54, 1.807) is 18.0 Å². The fourth-order valence-corrected chi connectivity index (χ4v) is 2.60. The van der Waals surface area contributed by atoms with Crippen LogP contribution < -0.4 is 0 Å². The second-order valence-corrected chi connectivity index (χ2v) is 5.48. The van der Waals surface area contributed by atoms with Crippen molar-refractivity contribution in [3.8, 4) is 0 Å². The summed E-state index contributed by atoms with van der Waals surface area (Å²) < 4.78 is 6.46. The zero-order chi connectivity index (χ0) is 16.8. The number of esters is 1. The van der Waals surface area contributed by atoms with Gasteiger partial charge in [0.1, 0.15) is 0 Å². The summed E-state index contributed by atoms with van der Waals surface area (Å²) >= 11 is 0. The zero-order valence-corrected chi connectivity index (χ0v) is 13.1. The van der Waals surface area contributed by atoms with Crippen LogP contribution in [0.5, 0.6) is 0 Å². The molecule has 1 fully saturated rings. The van der Waals surface area contributed by atoms with Crippen LogP contribution in [-0.4, -0.2) is 57.3 Å². The van der Waals surface area contributed by atoms with Crippen LogP contribution in [-0.2, 0) is 20.9 Å². The highest BCUT2D eigenvalue weighted by atomic mass is 16.5. The molecular weight excluding hydrogens is 302 g/mol. The van der Waals surface area contributed by atoms with Crippen LogP contribution in [0.1, 0.15) is 36.5 Å². The SMILES string of the molecule is CCOC(=O)C1CCCN(C(=O)c2cnn(CCC(=O)O)c2)C1. The van der Waals surface area contributed by atoms with E-state index in [0.717, 1.165) is 12.8 Å². The van der Waals surface area contributed by atoms with Crippen LogP contribution >= 0.6 is 0 Å². The molecule has 0 saturated carbocycles. The Hall–Kier alpha value is -2.38. The molecular formula is C15H21N3O5. The maximum Gasteiger partial charge on any atom is 0.310 e. The van der Waals surface area contributed by atoms with Crippen LogP contribution in [0.3, 0.4) is 0 Å². The molecule has 1 aliphatic heterocycles. The lowest BCUT2D eigenvalue weighted by Gasteiger charge is -2.31. The summed E-state index contributed by atoms with van der Waals surface area (Å²) in [5.74, 6) is -1.65. The molecule has 0 radical (unpaired) electrons. The zero-order valence-electron chi connectivity index (χ0n) is 13.1. The van der Waals surface area contributed by atoms with Crippen molar-refractivity contribution < 1.29 is 24.2 Å². The van der Waals surface area contributed by atoms with Gasteiger partial charge in [0.15, 0.2) is 0 Å². The van der Waals surface area contributed by atoms with Gasteiger partial charge in [0.25, 0.3) is 5.91 Å². The summed E-state index contributed by atoms with van der Waals surface area (Å²) in [5.41, 5.74) is 0.403. The highest BCUT2D eigenvalue weighted by Crippen LogP contribution is 2.19. The largest absolute Gasteiger partial charge is 0.481 e. The van der Waals surface area contributed by atoms with E-state index in [0.29, 0.717) is 25.3 Å². The Balaban J connectivity index is 1.96. The second-order valence-electron chi connectivity index (χ2n) is 5.48. The number of hydrogen-bond acceptors (Lipinski definition) is 5. The summed E-state index contributed by atoms with van der Waals surface area (Å²) in [4.78, 5) is 36.5. The number of amides is 1. The minimum atomic E-state index is -0.915. The molecule has 1 N–H and O–H groups in total. The number of carbonyl (C=O) groups is 3. The van der Waals surface area contributed by atoms with Gasteiger partial charge in [-0.2, -0.15) is 5.10 Å². The Morgan fingerprint density at radius 2 is 2.22 bits per heavy atom. The number of likely N-dealkylation sites (tertiary alicyclic amines) is 1. The fourth-order valence-electron chi connectivity index (χ4n) is 2.60. The van der Waals surface area contributed by atoms with Gasteiger partial charge in [-0.3, -0.25) is 19.1 Å². The van der Waals surface area contributed by atoms with Crippen molar-refractivity contribution >= 4 is 17.8 Å². The molecule has 1 atom stereocenters. The van der Waals surface area contributed by atoms with Gasteiger partial charge in [-0.1, -0.05) is 0 Å². The highest BCUT2D eigenvalue weighted by molar-refractivity contribution is 5.94. The quantitative estimate of drug-likeness (QED) is 0.776. The molecule has 0 aromatic carbocycles. The lowest BCUT2D eigenvalue weighted by Crippen LogP contribution is -2.42. The number of aromatic nitrogens is 2. The van der Waals surface area contributed by atoms with Gasteiger partial charge in [-0.05, 0) is 19.8 Å². The summed E-state index contributed by atoms with van der Waals surface area (Å²) in [6.07, 6.45) is 4.39. The number of aliphatic carboxylic acids is 1. The van der Waals surface area contributed by atoms with Crippen LogP contribution in [0.4, 0.5) is 0 Å². The number of carboxylic acids is 1. The van der Waals surface area contributed by atoms with Crippen molar-refractivity contribution in [3.63, 3.8) is 0 Å². The minimum absolute atomic E-state index is 0.0516. The number of piperidine rings is 1. The molecule has 23 heavy (non-hydrogen) atoms. The Morgan fingerprint density at radius 1 is 1.43 bits per heavy atom. The smallest absolute Gasteiger partial charge is 0.310 e. The summed E-state index contributed by atoms with van der Waals surface area (Å²) in [6.45, 7) is 3.25. The first kappa shape index (κ1) is 17.0. The van der Waals surface area contributed by atoms with Gasteiger partial charge in [-0.15, -0.1) is 0 Å². The minimum Gasteiger partial charge on any atom is -0.481 e. The third-order valence-corrected chi connectivity index (χ3v) is 3.76. The van der Waals surface area contributed by atoms with E-state index < -0.39 is 5.97 Å². The first-order valence-corrected chi connectivity index (χ1v) is 7.71. The maximum atomic E-state index is 12.5. The first-order valence-electron chi connectivity index (χ1n) is 7.71. The molecule has 2 rings (SSSR count). The second kappa shape index (κ2) is 7.75. The molecule has 8 heteroatoms. The van der Waals surface area contributed by atoms with E-state index in [1.165, 1.54) is 10.9 Å². The standard InChI is InChI=1S/C15H21N3O5/c1-2-23-15(22)11-4-3-6-17(9-11)14(21)12-8-16-18(10-12)7-5-13(19)20/h8,10-11H,2-7,9H2,1H3,(H,19,20). The van der Waals surface area contributed by atoms with Crippen molar-refractivity contribution in [2.75, 3.05) is 19.7 Å². The van der Waals surface area contributed by atoms with Crippen molar-refractivity contribution in [1.29, 1.82) is 0 Å². The number of hydrogen-bond donors (Lipinski definition) is 1. The van der Waals surface area contributed by atoms with Gasteiger partial charge >= 0.3 is 11.9 Å². The highest BCUT2D eigenvalue weighted by Gasteiger charge is 2.30. The lowest BCUT2D eigenvalue weighted by molar-refractivity contribution is -0.149. The van der Waals surface area contributed by atoms with E-state index >= 15 is 0 Å². The van der Waals surface area contributed by atoms with Crippen molar-refractivity contribution in [2.45, 2.75) is 32.7 Å². The molecule has 0 aliphatic carbocycles. The Kier molecular flexibility index (Phi) is 5.72. The number of nitrogens with zero attached hydrogens (tertiary/aromatic N) is 3. The number of rotatable bonds is 6. The van der Waals surface area contributed by atoms with Crippen LogP contribution in [0.2, 0.25) is 0 Å². The lowest BCUT2D eigenvalue weighted by atomic mass is 9.98. The number of carboxylic acid groups (broad SMARTS) is 1. The maximum absolute atomic E-state index is 12.5. The van der Waals surface area contributed by atoms with E-state index in [4.69, 9.17) is 9.84 Å². The monoisotopic (exact) mass is 323 g/mol. The van der Waals surface area contributed by atoms with Gasteiger partial charge in [-0.25, -0.2) is 0 Å². The average molecular weight is 323 g/mol. The molecule has 0 spiro atoms. The molecule has 2 heterocycles. The van der Waals surface area contributed by atoms with Gasteiger partial charge < -0.3 is 14.7 Å². The van der Waals surface area contributed by atoms with Crippen molar-refractivity contribution in [1.82, 2.24) is 14.7 Å². The fraction of sp³-hybridized carbons (Fsp3) is 0.600. The van der Waals surface area contributed by atoms with E-state index in [-0.39, 0.29) is 30.8 Å². The number of aryl methyl sites for hydroxylation is 1. The Bertz CT molecular complexity index is 583. The third kappa shape index (κ3) is 4.54. The molecule has 1 aromatic rings. The molecule has 1 aliphatic rings. The number of carbonyl (C=O) groups excluding carboxylic acids is 2. The van der Waals surface area contributed by atoms with Crippen LogP contribution in [0.15, 0.2) is 12.4 Å². The molecule has 126 valence electrons. The molecule has 0 bridgehead atoms. The van der Waals surface area contributed by atoms with Gasteiger partial charge in [0, 0.05) is 19.3 Å². The predicted molar refractivity (Wildman–Crippen MR) is 79.7 cm³/mol. The van der Waals surface area contributed by atoms with Gasteiger partial charge in [0.05, 0.1) is 37.3 Å².